The molecule has 1 aromatic carbocycles. The minimum atomic E-state index is -0.265. The molecule has 5 rings (SSSR count). The molecular formula is C26H32FN3O3. The number of hydrogen-bond acceptors (Lipinski definition) is 5. The van der Waals surface area contributed by atoms with Gasteiger partial charge in [-0.2, -0.15) is 0 Å². The van der Waals surface area contributed by atoms with Gasteiger partial charge in [-0.05, 0) is 73.3 Å². The number of nitrogens with zero attached hydrogens (tertiary/aromatic N) is 1. The topological polar surface area (TPSA) is 86.5 Å². The Kier molecular flexibility index (Phi) is 6.98. The maximum absolute atomic E-state index is 13.2. The van der Waals surface area contributed by atoms with E-state index in [0.717, 1.165) is 44.1 Å². The molecule has 2 aromatic rings. The zero-order chi connectivity index (χ0) is 23.3. The van der Waals surface area contributed by atoms with Crippen LogP contribution < -0.4 is 20.5 Å². The Morgan fingerprint density at radius 3 is 2.45 bits per heavy atom. The number of carbonyl (C=O) groups excluding carboxylic acids is 1. The second-order valence-electron chi connectivity index (χ2n) is 9.23. The summed E-state index contributed by atoms with van der Waals surface area (Å²) in [4.78, 5) is 17.3. The lowest BCUT2D eigenvalue weighted by molar-refractivity contribution is -0.138. The van der Waals surface area contributed by atoms with Crippen LogP contribution in [0, 0.1) is 5.41 Å². The van der Waals surface area contributed by atoms with Crippen LogP contribution in [0.4, 0.5) is 4.39 Å². The van der Waals surface area contributed by atoms with Gasteiger partial charge >= 0.3 is 0 Å². The average Bonchev–Trinajstić information content (AvgIpc) is 2.89. The number of amides is 1. The zero-order valence-corrected chi connectivity index (χ0v) is 19.1. The predicted octanol–water partition coefficient (Wildman–Crippen LogP) is 4.19. The quantitative estimate of drug-likeness (QED) is 0.595. The first kappa shape index (κ1) is 23.2. The van der Waals surface area contributed by atoms with Crippen molar-refractivity contribution in [3.05, 3.63) is 65.6 Å². The molecule has 2 bridgehead atoms. The van der Waals surface area contributed by atoms with E-state index >= 15 is 0 Å². The molecule has 0 radical (unpaired) electrons. The molecule has 0 atom stereocenters. The Balaban J connectivity index is 1.34. The van der Waals surface area contributed by atoms with Crippen LogP contribution in [-0.2, 0) is 16.8 Å². The van der Waals surface area contributed by atoms with E-state index in [0.29, 0.717) is 30.1 Å². The van der Waals surface area contributed by atoms with Gasteiger partial charge in [0.15, 0.2) is 0 Å². The first-order chi connectivity index (χ1) is 16.0. The van der Waals surface area contributed by atoms with Gasteiger partial charge in [-0.3, -0.25) is 4.79 Å². The molecule has 3 aliphatic carbocycles. The fourth-order valence-corrected chi connectivity index (χ4v) is 5.22. The maximum atomic E-state index is 13.2. The lowest BCUT2D eigenvalue weighted by Gasteiger charge is -2.52. The third kappa shape index (κ3) is 4.88. The maximum Gasteiger partial charge on any atom is 0.226 e. The predicted molar refractivity (Wildman–Crippen MR) is 125 cm³/mol. The number of rotatable bonds is 9. The van der Waals surface area contributed by atoms with E-state index in [1.165, 1.54) is 5.56 Å². The van der Waals surface area contributed by atoms with Crippen LogP contribution in [0.3, 0.4) is 0 Å². The Bertz CT molecular complexity index is 982. The van der Waals surface area contributed by atoms with Crippen molar-refractivity contribution in [2.45, 2.75) is 50.5 Å². The monoisotopic (exact) mass is 453 g/mol. The molecule has 0 spiro atoms. The molecule has 1 heterocycles. The molecule has 1 aromatic heterocycles. The van der Waals surface area contributed by atoms with Crippen LogP contribution in [-0.4, -0.2) is 31.2 Å². The van der Waals surface area contributed by atoms with Crippen molar-refractivity contribution in [1.82, 2.24) is 10.3 Å². The third-order valence-corrected chi connectivity index (χ3v) is 7.50. The van der Waals surface area contributed by atoms with Crippen LogP contribution in [0.1, 0.15) is 49.7 Å². The molecule has 6 nitrogen and oxygen atoms in total. The molecule has 3 aliphatic rings. The third-order valence-electron chi connectivity index (χ3n) is 7.50. The van der Waals surface area contributed by atoms with Gasteiger partial charge < -0.3 is 20.5 Å². The van der Waals surface area contributed by atoms with E-state index < -0.39 is 0 Å². The van der Waals surface area contributed by atoms with Crippen molar-refractivity contribution in [3.8, 4) is 11.6 Å². The Morgan fingerprint density at radius 2 is 1.85 bits per heavy atom. The molecular weight excluding hydrogens is 421 g/mol. The number of pyridine rings is 1. The Hall–Kier alpha value is -2.93. The molecule has 1 amide bonds. The van der Waals surface area contributed by atoms with Crippen molar-refractivity contribution in [2.24, 2.45) is 11.1 Å². The van der Waals surface area contributed by atoms with Crippen LogP contribution in [0.15, 0.2) is 54.5 Å². The highest BCUT2D eigenvalue weighted by Gasteiger charge is 2.52. The number of halogens is 1. The number of benzene rings is 1. The summed E-state index contributed by atoms with van der Waals surface area (Å²) in [7, 11) is 1.59. The summed E-state index contributed by atoms with van der Waals surface area (Å²) in [6, 6.07) is 11.9. The van der Waals surface area contributed by atoms with Crippen molar-refractivity contribution >= 4 is 5.91 Å². The number of aromatic nitrogens is 1. The molecule has 33 heavy (non-hydrogen) atoms. The minimum Gasteiger partial charge on any atom is -0.489 e. The Labute approximate surface area is 194 Å². The smallest absolute Gasteiger partial charge is 0.226 e. The van der Waals surface area contributed by atoms with Gasteiger partial charge in [-0.1, -0.05) is 12.1 Å². The van der Waals surface area contributed by atoms with E-state index in [4.69, 9.17) is 15.2 Å². The van der Waals surface area contributed by atoms with Crippen molar-refractivity contribution in [3.63, 3.8) is 0 Å². The van der Waals surface area contributed by atoms with Crippen LogP contribution in [0.2, 0.25) is 0 Å². The molecule has 0 aliphatic heterocycles. The van der Waals surface area contributed by atoms with Crippen molar-refractivity contribution < 1.29 is 18.7 Å². The highest BCUT2D eigenvalue weighted by Crippen LogP contribution is 2.57. The zero-order valence-electron chi connectivity index (χ0n) is 19.1. The molecule has 7 heteroatoms. The summed E-state index contributed by atoms with van der Waals surface area (Å²) in [5, 5.41) is 3.15. The molecule has 0 unspecified atom stereocenters. The van der Waals surface area contributed by atoms with Crippen LogP contribution in [0.5, 0.6) is 11.6 Å². The van der Waals surface area contributed by atoms with Gasteiger partial charge in [-0.15, -0.1) is 0 Å². The summed E-state index contributed by atoms with van der Waals surface area (Å²) in [6.45, 7) is 0.778. The SMILES string of the molecule is COc1cc(CNC(=O)C23CCC(c4ccc(OC/C(=C/F)CN)cc4)(CC2)CC3)ccn1. The first-order valence-electron chi connectivity index (χ1n) is 11.5. The average molecular weight is 454 g/mol. The molecule has 0 saturated heterocycles. The summed E-state index contributed by atoms with van der Waals surface area (Å²) < 4.78 is 23.5. The minimum absolute atomic E-state index is 0.125. The van der Waals surface area contributed by atoms with E-state index in [9.17, 15) is 9.18 Å². The number of ether oxygens (including phenoxy) is 2. The molecule has 176 valence electrons. The van der Waals surface area contributed by atoms with Gasteiger partial charge in [0.05, 0.1) is 13.4 Å². The van der Waals surface area contributed by atoms with Crippen LogP contribution in [0.25, 0.3) is 0 Å². The fraction of sp³-hybridized carbons (Fsp3) is 0.462. The number of methoxy groups -OCH3 is 1. The van der Waals surface area contributed by atoms with Crippen LogP contribution >= 0.6 is 0 Å². The molecule has 3 N–H and O–H groups in total. The molecule has 3 fully saturated rings. The molecule has 3 saturated carbocycles. The van der Waals surface area contributed by atoms with E-state index in [1.54, 1.807) is 13.3 Å². The van der Waals surface area contributed by atoms with Gasteiger partial charge in [0, 0.05) is 36.3 Å². The second-order valence-corrected chi connectivity index (χ2v) is 9.23. The Morgan fingerprint density at radius 1 is 1.15 bits per heavy atom. The van der Waals surface area contributed by atoms with Gasteiger partial charge in [0.2, 0.25) is 11.8 Å². The van der Waals surface area contributed by atoms with Crippen molar-refractivity contribution in [2.75, 3.05) is 20.3 Å². The van der Waals surface area contributed by atoms with E-state index in [-0.39, 0.29) is 29.9 Å². The largest absolute Gasteiger partial charge is 0.489 e. The normalized spacial score (nSPS) is 24.4. The summed E-state index contributed by atoms with van der Waals surface area (Å²) >= 11 is 0. The fourth-order valence-electron chi connectivity index (χ4n) is 5.22. The summed E-state index contributed by atoms with van der Waals surface area (Å²) in [5.74, 6) is 1.41. The summed E-state index contributed by atoms with van der Waals surface area (Å²) in [6.07, 6.45) is 7.92. The van der Waals surface area contributed by atoms with Gasteiger partial charge in [0.25, 0.3) is 0 Å². The number of nitrogens with two attached hydrogens (primary N) is 1. The number of nitrogens with one attached hydrogen (secondary N) is 1. The lowest BCUT2D eigenvalue weighted by Crippen LogP contribution is -2.51. The van der Waals surface area contributed by atoms with Gasteiger partial charge in [-0.25, -0.2) is 9.37 Å². The first-order valence-corrected chi connectivity index (χ1v) is 11.5. The summed E-state index contributed by atoms with van der Waals surface area (Å²) in [5.41, 5.74) is 8.04. The highest BCUT2D eigenvalue weighted by molar-refractivity contribution is 5.83. The van der Waals surface area contributed by atoms with E-state index in [1.807, 2.05) is 24.3 Å². The standard InChI is InChI=1S/C26H32FN3O3/c1-32-23-14-19(6-13-29-23)17-30-24(31)26-10-7-25(8-11-26,9-12-26)21-2-4-22(5-3-21)33-18-20(15-27)16-28/h2-6,13-15H,7-12,16-18,28H2,1H3,(H,30,31)/b20-15+. The van der Waals surface area contributed by atoms with E-state index in [2.05, 4.69) is 22.4 Å². The number of carbonyl (C=O) groups is 1. The van der Waals surface area contributed by atoms with Gasteiger partial charge in [0.1, 0.15) is 12.4 Å². The number of fused-ring (bicyclic) bond motifs is 3. The highest BCUT2D eigenvalue weighted by atomic mass is 19.1. The number of hydrogen-bond donors (Lipinski definition) is 2. The van der Waals surface area contributed by atoms with Crippen molar-refractivity contribution in [1.29, 1.82) is 0 Å². The second kappa shape index (κ2) is 9.91. The lowest BCUT2D eigenvalue weighted by atomic mass is 9.51.